The number of rotatable bonds is 4. The molecule has 0 radical (unpaired) electrons. The number of hydrogen-bond acceptors (Lipinski definition) is 5. The van der Waals surface area contributed by atoms with Crippen LogP contribution in [-0.2, 0) is 14.4 Å². The Morgan fingerprint density at radius 3 is 2.30 bits per heavy atom. The fourth-order valence-corrected chi connectivity index (χ4v) is 4.17. The Morgan fingerprint density at radius 1 is 1.07 bits per heavy atom. The predicted molar refractivity (Wildman–Crippen MR) is 102 cm³/mol. The molecule has 2 N–H and O–H groups in total. The zero-order chi connectivity index (χ0) is 19.4. The summed E-state index contributed by atoms with van der Waals surface area (Å²) in [5.74, 6) is 0.142. The highest BCUT2D eigenvalue weighted by Gasteiger charge is 2.33. The molecular weight excluding hydrogens is 346 g/mol. The van der Waals surface area contributed by atoms with Gasteiger partial charge in [0.2, 0.25) is 11.8 Å². The molecule has 0 bridgehead atoms. The van der Waals surface area contributed by atoms with E-state index >= 15 is 0 Å². The predicted octanol–water partition coefficient (Wildman–Crippen LogP) is 0.480. The van der Waals surface area contributed by atoms with Crippen LogP contribution >= 0.6 is 0 Å². The summed E-state index contributed by atoms with van der Waals surface area (Å²) >= 11 is 0. The van der Waals surface area contributed by atoms with E-state index in [9.17, 15) is 14.4 Å². The van der Waals surface area contributed by atoms with Gasteiger partial charge in [-0.05, 0) is 52.6 Å². The standard InChI is InChI=1S/C19H31N5O3/c1-13(2)20-18(26)14-5-9-23(10-6-14)15-7-11-24(12-8-15)19(27)16-3-4-17(25)22-21-16/h13-15H,3-12H2,1-2H3,(H,20,26)(H,22,25). The quantitative estimate of drug-likeness (QED) is 0.745. The van der Waals surface area contributed by atoms with Crippen LogP contribution in [0.5, 0.6) is 0 Å². The van der Waals surface area contributed by atoms with Gasteiger partial charge in [0.15, 0.2) is 0 Å². The van der Waals surface area contributed by atoms with Crippen LogP contribution in [0.2, 0.25) is 0 Å². The highest BCUT2D eigenvalue weighted by molar-refractivity contribution is 6.39. The van der Waals surface area contributed by atoms with Gasteiger partial charge < -0.3 is 15.1 Å². The summed E-state index contributed by atoms with van der Waals surface area (Å²) < 4.78 is 0. The molecule has 0 unspecified atom stereocenters. The van der Waals surface area contributed by atoms with Gasteiger partial charge in [-0.1, -0.05) is 0 Å². The molecule has 8 heteroatoms. The normalized spacial score (nSPS) is 23.1. The van der Waals surface area contributed by atoms with Gasteiger partial charge >= 0.3 is 0 Å². The Labute approximate surface area is 160 Å². The highest BCUT2D eigenvalue weighted by atomic mass is 16.2. The van der Waals surface area contributed by atoms with E-state index in [4.69, 9.17) is 0 Å². The van der Waals surface area contributed by atoms with Crippen molar-refractivity contribution in [2.45, 2.75) is 64.5 Å². The molecule has 0 saturated carbocycles. The molecule has 3 amide bonds. The van der Waals surface area contributed by atoms with Crippen molar-refractivity contribution in [3.05, 3.63) is 0 Å². The first-order chi connectivity index (χ1) is 12.9. The number of hydrazone groups is 1. The topological polar surface area (TPSA) is 94.1 Å². The van der Waals surface area contributed by atoms with Crippen LogP contribution < -0.4 is 10.7 Å². The van der Waals surface area contributed by atoms with Gasteiger partial charge in [0.25, 0.3) is 5.91 Å². The molecule has 0 aromatic carbocycles. The first kappa shape index (κ1) is 19.8. The van der Waals surface area contributed by atoms with E-state index in [1.807, 2.05) is 18.7 Å². The first-order valence-electron chi connectivity index (χ1n) is 10.1. The summed E-state index contributed by atoms with van der Waals surface area (Å²) in [5, 5.41) is 6.94. The molecule has 0 spiro atoms. The lowest BCUT2D eigenvalue weighted by Gasteiger charge is -2.41. The maximum absolute atomic E-state index is 12.5. The maximum Gasteiger partial charge on any atom is 0.270 e. The first-order valence-corrected chi connectivity index (χ1v) is 10.1. The van der Waals surface area contributed by atoms with Crippen LogP contribution in [0.15, 0.2) is 5.10 Å². The van der Waals surface area contributed by atoms with E-state index in [0.717, 1.165) is 51.9 Å². The second-order valence-electron chi connectivity index (χ2n) is 8.09. The average molecular weight is 377 g/mol. The third-order valence-electron chi connectivity index (χ3n) is 5.75. The van der Waals surface area contributed by atoms with Crippen LogP contribution in [0.1, 0.15) is 52.4 Å². The maximum atomic E-state index is 12.5. The summed E-state index contributed by atoms with van der Waals surface area (Å²) in [5.41, 5.74) is 2.86. The molecule has 3 rings (SSSR count). The molecule has 8 nitrogen and oxygen atoms in total. The van der Waals surface area contributed by atoms with Gasteiger partial charge in [0.1, 0.15) is 5.71 Å². The third-order valence-corrected chi connectivity index (χ3v) is 5.75. The van der Waals surface area contributed by atoms with Gasteiger partial charge in [-0.2, -0.15) is 5.10 Å². The van der Waals surface area contributed by atoms with Crippen molar-refractivity contribution in [1.82, 2.24) is 20.5 Å². The number of amides is 3. The summed E-state index contributed by atoms with van der Waals surface area (Å²) in [6.07, 6.45) is 4.49. The number of nitrogens with zero attached hydrogens (tertiary/aromatic N) is 3. The number of piperidine rings is 2. The lowest BCUT2D eigenvalue weighted by molar-refractivity contribution is -0.128. The van der Waals surface area contributed by atoms with Gasteiger partial charge in [-0.25, -0.2) is 5.43 Å². The molecule has 0 aliphatic carbocycles. The second-order valence-corrected chi connectivity index (χ2v) is 8.09. The van der Waals surface area contributed by atoms with Crippen molar-refractivity contribution < 1.29 is 14.4 Å². The van der Waals surface area contributed by atoms with Crippen molar-refractivity contribution in [1.29, 1.82) is 0 Å². The molecule has 3 aliphatic heterocycles. The zero-order valence-corrected chi connectivity index (χ0v) is 16.4. The summed E-state index contributed by atoms with van der Waals surface area (Å²) in [4.78, 5) is 40.2. The molecule has 2 fully saturated rings. The Morgan fingerprint density at radius 2 is 1.74 bits per heavy atom. The fraction of sp³-hybridized carbons (Fsp3) is 0.789. The lowest BCUT2D eigenvalue weighted by Crippen LogP contribution is -2.51. The largest absolute Gasteiger partial charge is 0.354 e. The van der Waals surface area contributed by atoms with E-state index in [-0.39, 0.29) is 29.7 Å². The van der Waals surface area contributed by atoms with Gasteiger partial charge in [0, 0.05) is 43.9 Å². The van der Waals surface area contributed by atoms with E-state index < -0.39 is 0 Å². The van der Waals surface area contributed by atoms with Crippen LogP contribution in [0.4, 0.5) is 0 Å². The van der Waals surface area contributed by atoms with Crippen LogP contribution in [0.3, 0.4) is 0 Å². The van der Waals surface area contributed by atoms with Crippen LogP contribution in [0.25, 0.3) is 0 Å². The van der Waals surface area contributed by atoms with Crippen molar-refractivity contribution in [3.8, 4) is 0 Å². The van der Waals surface area contributed by atoms with Gasteiger partial charge in [-0.3, -0.25) is 14.4 Å². The molecule has 0 aromatic heterocycles. The minimum atomic E-state index is -0.129. The van der Waals surface area contributed by atoms with Gasteiger partial charge in [0.05, 0.1) is 0 Å². The Balaban J connectivity index is 1.43. The average Bonchev–Trinajstić information content (AvgIpc) is 2.68. The molecule has 150 valence electrons. The number of hydrogen-bond donors (Lipinski definition) is 2. The van der Waals surface area contributed by atoms with Gasteiger partial charge in [-0.15, -0.1) is 0 Å². The molecule has 3 heterocycles. The monoisotopic (exact) mass is 377 g/mol. The number of carbonyl (C=O) groups is 3. The van der Waals surface area contributed by atoms with Crippen molar-refractivity contribution in [3.63, 3.8) is 0 Å². The number of nitrogens with one attached hydrogen (secondary N) is 2. The molecule has 2 saturated heterocycles. The fourth-order valence-electron chi connectivity index (χ4n) is 4.17. The van der Waals surface area contributed by atoms with E-state index in [2.05, 4.69) is 20.7 Å². The number of likely N-dealkylation sites (tertiary alicyclic amines) is 2. The molecule has 27 heavy (non-hydrogen) atoms. The number of carbonyl (C=O) groups excluding carboxylic acids is 3. The molecule has 0 atom stereocenters. The minimum Gasteiger partial charge on any atom is -0.354 e. The SMILES string of the molecule is CC(C)NC(=O)C1CCN(C2CCN(C(=O)C3=NNC(=O)CC3)CC2)CC1. The van der Waals surface area contributed by atoms with Crippen molar-refractivity contribution in [2.24, 2.45) is 11.0 Å². The van der Waals surface area contributed by atoms with E-state index in [0.29, 0.717) is 24.6 Å². The van der Waals surface area contributed by atoms with E-state index in [1.54, 1.807) is 0 Å². The summed E-state index contributed by atoms with van der Waals surface area (Å²) in [7, 11) is 0. The zero-order valence-electron chi connectivity index (χ0n) is 16.4. The Bertz CT molecular complexity index is 602. The highest BCUT2D eigenvalue weighted by Crippen LogP contribution is 2.24. The third kappa shape index (κ3) is 5.06. The molecule has 3 aliphatic rings. The van der Waals surface area contributed by atoms with Crippen molar-refractivity contribution >= 4 is 23.4 Å². The smallest absolute Gasteiger partial charge is 0.270 e. The molecule has 0 aromatic rings. The minimum absolute atomic E-state index is 0.0440. The summed E-state index contributed by atoms with van der Waals surface area (Å²) in [6, 6.07) is 0.677. The Hall–Kier alpha value is -1.96. The van der Waals surface area contributed by atoms with E-state index in [1.165, 1.54) is 0 Å². The lowest BCUT2D eigenvalue weighted by atomic mass is 9.92. The van der Waals surface area contributed by atoms with Crippen molar-refractivity contribution in [2.75, 3.05) is 26.2 Å². The second kappa shape index (κ2) is 8.82. The Kier molecular flexibility index (Phi) is 6.46. The van der Waals surface area contributed by atoms with Crippen LogP contribution in [-0.4, -0.2) is 71.5 Å². The molecular formula is C19H31N5O3. The van der Waals surface area contributed by atoms with Crippen LogP contribution in [0, 0.1) is 5.92 Å². The summed E-state index contributed by atoms with van der Waals surface area (Å²) in [6.45, 7) is 7.35.